The number of rotatable bonds is 89. The summed E-state index contributed by atoms with van der Waals surface area (Å²) >= 11 is 0. The second kappa shape index (κ2) is 81.2. The quantitative estimate of drug-likeness (QED) is 0.0222. The first kappa shape index (κ1) is 107. The molecule has 0 heterocycles. The molecule has 648 valence electrons. The van der Waals surface area contributed by atoms with Crippen LogP contribution in [0.15, 0.2) is 0 Å². The van der Waals surface area contributed by atoms with Crippen LogP contribution in [0.4, 0.5) is 0 Å². The Labute approximate surface area is 670 Å². The van der Waals surface area contributed by atoms with E-state index in [0.717, 1.165) is 108 Å². The lowest BCUT2D eigenvalue weighted by molar-refractivity contribution is -0.161. The molecular formula is C90H176O17P2. The van der Waals surface area contributed by atoms with Crippen LogP contribution in [0.25, 0.3) is 0 Å². The zero-order valence-corrected chi connectivity index (χ0v) is 73.7. The number of aliphatic hydroxyl groups is 1. The molecule has 0 saturated carbocycles. The van der Waals surface area contributed by atoms with Crippen molar-refractivity contribution in [2.45, 2.75) is 503 Å². The number of esters is 4. The first-order valence-electron chi connectivity index (χ1n) is 46.5. The highest BCUT2D eigenvalue weighted by Crippen LogP contribution is 2.45. The van der Waals surface area contributed by atoms with Gasteiger partial charge in [0, 0.05) is 25.7 Å². The van der Waals surface area contributed by atoms with Gasteiger partial charge in [-0.1, -0.05) is 433 Å². The van der Waals surface area contributed by atoms with Gasteiger partial charge in [-0.3, -0.25) is 37.3 Å². The maximum atomic E-state index is 13.2. The Hall–Kier alpha value is -1.94. The monoisotopic (exact) mass is 1590 g/mol. The van der Waals surface area contributed by atoms with Gasteiger partial charge < -0.3 is 33.8 Å². The summed E-state index contributed by atoms with van der Waals surface area (Å²) < 4.78 is 69.0. The van der Waals surface area contributed by atoms with Crippen LogP contribution in [-0.4, -0.2) is 96.7 Å². The summed E-state index contributed by atoms with van der Waals surface area (Å²) in [5.74, 6) is -0.556. The molecule has 0 aromatic carbocycles. The van der Waals surface area contributed by atoms with E-state index in [1.807, 2.05) is 0 Å². The van der Waals surface area contributed by atoms with Crippen LogP contribution in [0.1, 0.15) is 485 Å². The van der Waals surface area contributed by atoms with Crippen molar-refractivity contribution >= 4 is 39.5 Å². The minimum absolute atomic E-state index is 0.108. The van der Waals surface area contributed by atoms with E-state index in [1.165, 1.54) is 295 Å². The molecule has 0 aliphatic heterocycles. The molecule has 0 aliphatic rings. The van der Waals surface area contributed by atoms with Crippen LogP contribution < -0.4 is 0 Å². The van der Waals surface area contributed by atoms with Crippen LogP contribution in [0.2, 0.25) is 0 Å². The van der Waals surface area contributed by atoms with Gasteiger partial charge in [0.05, 0.1) is 26.4 Å². The van der Waals surface area contributed by atoms with E-state index < -0.39 is 97.5 Å². The number of phosphoric ester groups is 2. The molecule has 0 aromatic heterocycles. The van der Waals surface area contributed by atoms with Gasteiger partial charge in [0.1, 0.15) is 19.3 Å². The van der Waals surface area contributed by atoms with Crippen LogP contribution >= 0.6 is 15.6 Å². The summed E-state index contributed by atoms with van der Waals surface area (Å²) in [6, 6.07) is 0. The lowest BCUT2D eigenvalue weighted by Crippen LogP contribution is -2.30. The van der Waals surface area contributed by atoms with E-state index in [2.05, 4.69) is 41.5 Å². The van der Waals surface area contributed by atoms with E-state index in [1.54, 1.807) is 0 Å². The summed E-state index contributed by atoms with van der Waals surface area (Å²) in [7, 11) is -9.93. The van der Waals surface area contributed by atoms with Gasteiger partial charge >= 0.3 is 39.5 Å². The molecule has 0 bridgehead atoms. The topological polar surface area (TPSA) is 237 Å². The van der Waals surface area contributed by atoms with Gasteiger partial charge in [-0.15, -0.1) is 0 Å². The SMILES string of the molecule is CCCCCCCCCCCCCCCCCCCCCCCC(=O)O[C@H](COC(=O)CCCCCCCCCCCCCCCCCCC(C)C)COP(=O)(O)OC[C@@H](O)COP(=O)(O)OC[C@@H](COC(=O)CCCCCCCCC(C)CC)OC(=O)CCCCCCCCCCCCCCCCCCCCC. The molecule has 19 heteroatoms. The van der Waals surface area contributed by atoms with Crippen molar-refractivity contribution in [1.29, 1.82) is 0 Å². The summed E-state index contributed by atoms with van der Waals surface area (Å²) in [5.41, 5.74) is 0. The van der Waals surface area contributed by atoms with Crippen molar-refractivity contribution in [3.8, 4) is 0 Å². The number of carbonyl (C=O) groups is 4. The predicted octanol–water partition coefficient (Wildman–Crippen LogP) is 27.8. The predicted molar refractivity (Wildman–Crippen MR) is 451 cm³/mol. The average Bonchev–Trinajstić information content (AvgIpc) is 0.902. The lowest BCUT2D eigenvalue weighted by atomic mass is 10.00. The smallest absolute Gasteiger partial charge is 0.462 e. The van der Waals surface area contributed by atoms with E-state index in [-0.39, 0.29) is 25.7 Å². The van der Waals surface area contributed by atoms with Crippen molar-refractivity contribution in [1.82, 2.24) is 0 Å². The second-order valence-corrected chi connectivity index (χ2v) is 36.0. The number of phosphoric acid groups is 2. The first-order chi connectivity index (χ1) is 52.9. The Kier molecular flexibility index (Phi) is 79.8. The van der Waals surface area contributed by atoms with Crippen LogP contribution in [0.5, 0.6) is 0 Å². The number of ether oxygens (including phenoxy) is 4. The lowest BCUT2D eigenvalue weighted by Gasteiger charge is -2.21. The zero-order valence-electron chi connectivity index (χ0n) is 71.9. The molecule has 3 N–H and O–H groups in total. The number of aliphatic hydroxyl groups excluding tert-OH is 1. The number of unbranched alkanes of at least 4 members (excludes halogenated alkanes) is 58. The van der Waals surface area contributed by atoms with E-state index in [4.69, 9.17) is 37.0 Å². The minimum Gasteiger partial charge on any atom is -0.462 e. The van der Waals surface area contributed by atoms with E-state index >= 15 is 0 Å². The highest BCUT2D eigenvalue weighted by atomic mass is 31.2. The Bertz CT molecular complexity index is 2080. The number of carbonyl (C=O) groups excluding carboxylic acids is 4. The molecule has 0 spiro atoms. The number of hydrogen-bond acceptors (Lipinski definition) is 15. The van der Waals surface area contributed by atoms with Crippen LogP contribution in [0, 0.1) is 11.8 Å². The van der Waals surface area contributed by atoms with Gasteiger partial charge in [-0.05, 0) is 37.5 Å². The Morgan fingerprint density at radius 1 is 0.266 bits per heavy atom. The number of hydrogen-bond donors (Lipinski definition) is 3. The fourth-order valence-electron chi connectivity index (χ4n) is 14.1. The third-order valence-electron chi connectivity index (χ3n) is 21.6. The molecule has 0 amide bonds. The van der Waals surface area contributed by atoms with Gasteiger partial charge in [0.15, 0.2) is 12.2 Å². The van der Waals surface area contributed by atoms with Gasteiger partial charge in [-0.25, -0.2) is 9.13 Å². The molecule has 0 aromatic rings. The van der Waals surface area contributed by atoms with Crippen molar-refractivity contribution in [2.75, 3.05) is 39.6 Å². The molecule has 0 aliphatic carbocycles. The summed E-state index contributed by atoms with van der Waals surface area (Å²) in [5, 5.41) is 10.7. The average molecular weight is 1590 g/mol. The third-order valence-corrected chi connectivity index (χ3v) is 23.5. The highest BCUT2D eigenvalue weighted by molar-refractivity contribution is 7.47. The second-order valence-electron chi connectivity index (χ2n) is 33.1. The molecule has 6 atom stereocenters. The maximum absolute atomic E-state index is 13.2. The largest absolute Gasteiger partial charge is 0.472 e. The Balaban J connectivity index is 5.22. The maximum Gasteiger partial charge on any atom is 0.472 e. The van der Waals surface area contributed by atoms with Gasteiger partial charge in [-0.2, -0.15) is 0 Å². The highest BCUT2D eigenvalue weighted by Gasteiger charge is 2.31. The Morgan fingerprint density at radius 3 is 0.697 bits per heavy atom. The van der Waals surface area contributed by atoms with Crippen molar-refractivity contribution in [3.05, 3.63) is 0 Å². The van der Waals surface area contributed by atoms with E-state index in [9.17, 15) is 43.2 Å². The molecule has 0 saturated heterocycles. The molecule has 0 rings (SSSR count). The molecule has 0 radical (unpaired) electrons. The summed E-state index contributed by atoms with van der Waals surface area (Å²) in [6.45, 7) is 9.69. The molecule has 3 unspecified atom stereocenters. The minimum atomic E-state index is -4.97. The van der Waals surface area contributed by atoms with Crippen molar-refractivity contribution in [2.24, 2.45) is 11.8 Å². The van der Waals surface area contributed by atoms with Crippen molar-refractivity contribution < 1.29 is 80.2 Å². The van der Waals surface area contributed by atoms with E-state index in [0.29, 0.717) is 25.7 Å². The molecule has 0 fully saturated rings. The van der Waals surface area contributed by atoms with Crippen LogP contribution in [0.3, 0.4) is 0 Å². The van der Waals surface area contributed by atoms with Crippen LogP contribution in [-0.2, 0) is 65.4 Å². The zero-order chi connectivity index (χ0) is 79.9. The Morgan fingerprint density at radius 2 is 0.468 bits per heavy atom. The molecule has 109 heavy (non-hydrogen) atoms. The standard InChI is InChI=1S/C90H176O17P2/c1-7-10-12-14-16-18-20-22-24-26-28-29-31-33-39-43-47-51-55-62-68-74-89(94)106-85(78-100-87(92)72-66-60-53-49-45-41-37-35-34-36-40-44-48-52-58-64-70-82(4)5)80-104-108(96,97)102-76-84(91)77-103-109(98,99)105-81-86(79-101-88(93)73-67-61-57-56-59-65-71-83(6)9-3)107-90(95)75-69-63-54-50-46-42-38-32-30-27-25-23-21-19-17-15-13-11-8-2/h82-86,91H,7-81H2,1-6H3,(H,96,97)(H,98,99)/t83?,84-,85-,86-/m1/s1. The van der Waals surface area contributed by atoms with Crippen molar-refractivity contribution in [3.63, 3.8) is 0 Å². The van der Waals surface area contributed by atoms with Gasteiger partial charge in [0.2, 0.25) is 0 Å². The summed E-state index contributed by atoms with van der Waals surface area (Å²) in [6.07, 6.45) is 75.2. The summed E-state index contributed by atoms with van der Waals surface area (Å²) in [4.78, 5) is 73.4. The molecule has 17 nitrogen and oxygen atoms in total. The fraction of sp³-hybridized carbons (Fsp3) is 0.956. The molecular weight excluding hydrogens is 1410 g/mol. The third kappa shape index (κ3) is 82.4. The first-order valence-corrected chi connectivity index (χ1v) is 49.5. The fourth-order valence-corrected chi connectivity index (χ4v) is 15.7. The normalized spacial score (nSPS) is 14.0. The van der Waals surface area contributed by atoms with Gasteiger partial charge in [0.25, 0.3) is 0 Å².